The minimum atomic E-state index is -0.664. The first-order chi connectivity index (χ1) is 34.2. The lowest BCUT2D eigenvalue weighted by Gasteiger charge is -2.30. The summed E-state index contributed by atoms with van der Waals surface area (Å²) < 4.78 is 67.3. The van der Waals surface area contributed by atoms with Gasteiger partial charge < -0.3 is 9.80 Å². The highest BCUT2D eigenvalue weighted by Gasteiger charge is 2.26. The second-order valence-electron chi connectivity index (χ2n) is 17.2. The SMILES string of the molecule is [C-]#[N+]c1ccc(N(c2cc(F)c(-c3ccc4ccccc4c3)cc2F)c2ccc3ccc4c(N(c5ccc(C#N)cc5)c5cc(F)c(-c6ccc7ccccc7c6)cc5F)ccc5ccc2c3c54)cc1. The topological polar surface area (TPSA) is 34.6 Å². The number of rotatable bonds is 8. The van der Waals surface area contributed by atoms with Gasteiger partial charge in [0.05, 0.1) is 41.0 Å². The summed E-state index contributed by atoms with van der Waals surface area (Å²) in [6.45, 7) is 7.61. The number of nitriles is 1. The van der Waals surface area contributed by atoms with Crippen molar-refractivity contribution in [1.82, 2.24) is 0 Å². The summed E-state index contributed by atoms with van der Waals surface area (Å²) in [7, 11) is 0. The minimum absolute atomic E-state index is 0.0371. The van der Waals surface area contributed by atoms with E-state index in [1.807, 2.05) is 121 Å². The van der Waals surface area contributed by atoms with Crippen LogP contribution in [-0.4, -0.2) is 0 Å². The zero-order valence-electron chi connectivity index (χ0n) is 36.9. The number of hydrogen-bond donors (Lipinski definition) is 0. The van der Waals surface area contributed by atoms with Gasteiger partial charge in [0, 0.05) is 45.4 Å². The van der Waals surface area contributed by atoms with Crippen molar-refractivity contribution in [2.45, 2.75) is 0 Å². The van der Waals surface area contributed by atoms with Crippen molar-refractivity contribution in [3.05, 3.63) is 247 Å². The second kappa shape index (κ2) is 16.7. The highest BCUT2D eigenvalue weighted by Crippen LogP contribution is 2.49. The van der Waals surface area contributed by atoms with E-state index in [1.165, 1.54) is 24.3 Å². The summed E-state index contributed by atoms with van der Waals surface area (Å²) >= 11 is 0. The Labute approximate surface area is 399 Å². The fraction of sp³-hybridized carbons (Fsp3) is 0. The summed E-state index contributed by atoms with van der Waals surface area (Å²) in [6, 6.07) is 62.3. The van der Waals surface area contributed by atoms with Gasteiger partial charge in [-0.1, -0.05) is 121 Å². The van der Waals surface area contributed by atoms with Crippen molar-refractivity contribution < 1.29 is 17.6 Å². The molecule has 0 aliphatic heterocycles. The van der Waals surface area contributed by atoms with Gasteiger partial charge in [-0.15, -0.1) is 0 Å². The first-order valence-electron chi connectivity index (χ1n) is 22.5. The van der Waals surface area contributed by atoms with Crippen molar-refractivity contribution in [2.75, 3.05) is 9.80 Å². The van der Waals surface area contributed by atoms with Crippen LogP contribution in [0.5, 0.6) is 0 Å². The van der Waals surface area contributed by atoms with Gasteiger partial charge in [0.25, 0.3) is 0 Å². The lowest BCUT2D eigenvalue weighted by Crippen LogP contribution is -2.14. The third kappa shape index (κ3) is 6.98. The zero-order chi connectivity index (χ0) is 47.6. The molecule has 0 aliphatic carbocycles. The molecular weight excluding hydrogens is 877 g/mol. The summed E-state index contributed by atoms with van der Waals surface area (Å²) in [4.78, 5) is 6.90. The number of hydrogen-bond acceptors (Lipinski definition) is 3. The molecule has 0 atom stereocenters. The normalized spacial score (nSPS) is 11.4. The zero-order valence-corrected chi connectivity index (χ0v) is 36.9. The largest absolute Gasteiger partial charge is 0.307 e. The van der Waals surface area contributed by atoms with E-state index in [0.29, 0.717) is 55.9 Å². The molecule has 0 amide bonds. The first kappa shape index (κ1) is 41.9. The highest BCUT2D eigenvalue weighted by molar-refractivity contribution is 6.28. The monoisotopic (exact) mass is 910 g/mol. The molecule has 8 heteroatoms. The van der Waals surface area contributed by atoms with E-state index >= 15 is 17.6 Å². The maximum atomic E-state index is 17.0. The fourth-order valence-electron chi connectivity index (χ4n) is 9.91. The van der Waals surface area contributed by atoms with Crippen LogP contribution in [0.3, 0.4) is 0 Å². The van der Waals surface area contributed by atoms with Crippen LogP contribution >= 0.6 is 0 Å². The number of benzene rings is 12. The first-order valence-corrected chi connectivity index (χ1v) is 22.5. The predicted octanol–water partition coefficient (Wildman–Crippen LogP) is 18.1. The fourth-order valence-corrected chi connectivity index (χ4v) is 9.91. The van der Waals surface area contributed by atoms with E-state index in [4.69, 9.17) is 6.57 Å². The molecule has 4 nitrogen and oxygen atoms in total. The van der Waals surface area contributed by atoms with Crippen molar-refractivity contribution in [3.8, 4) is 28.3 Å². The maximum Gasteiger partial charge on any atom is 0.187 e. The van der Waals surface area contributed by atoms with Crippen LogP contribution in [0.4, 0.5) is 57.4 Å². The quantitative estimate of drug-likeness (QED) is 0.0865. The van der Waals surface area contributed by atoms with Crippen LogP contribution in [0, 0.1) is 41.2 Å². The average molecular weight is 911 g/mol. The van der Waals surface area contributed by atoms with E-state index in [2.05, 4.69) is 10.9 Å². The molecule has 0 heterocycles. The van der Waals surface area contributed by atoms with Crippen LogP contribution in [0.2, 0.25) is 0 Å². The van der Waals surface area contributed by atoms with Gasteiger partial charge in [0.1, 0.15) is 23.3 Å². The van der Waals surface area contributed by atoms with Gasteiger partial charge >= 0.3 is 0 Å². The van der Waals surface area contributed by atoms with Crippen LogP contribution in [0.25, 0.3) is 81.0 Å². The molecular formula is C62H34F4N4. The highest BCUT2D eigenvalue weighted by atomic mass is 19.1. The number of nitrogens with zero attached hydrogens (tertiary/aromatic N) is 4. The molecule has 70 heavy (non-hydrogen) atoms. The number of anilines is 6. The molecule has 0 fully saturated rings. The third-order valence-electron chi connectivity index (χ3n) is 13.3. The van der Waals surface area contributed by atoms with Crippen LogP contribution < -0.4 is 9.80 Å². The lowest BCUT2D eigenvalue weighted by atomic mass is 9.91. The Morgan fingerprint density at radius 3 is 1.24 bits per heavy atom. The van der Waals surface area contributed by atoms with Gasteiger partial charge in [0.2, 0.25) is 0 Å². The molecule has 0 unspecified atom stereocenters. The minimum Gasteiger partial charge on any atom is -0.307 e. The van der Waals surface area contributed by atoms with Crippen molar-refractivity contribution in [2.24, 2.45) is 0 Å². The van der Waals surface area contributed by atoms with Gasteiger partial charge in [-0.3, -0.25) is 0 Å². The van der Waals surface area contributed by atoms with E-state index in [0.717, 1.165) is 43.1 Å². The van der Waals surface area contributed by atoms with E-state index in [1.54, 1.807) is 70.5 Å². The molecule has 330 valence electrons. The summed E-state index contributed by atoms with van der Waals surface area (Å²) in [6.07, 6.45) is 0. The van der Waals surface area contributed by atoms with Gasteiger partial charge in [-0.25, -0.2) is 22.4 Å². The molecule has 12 rings (SSSR count). The van der Waals surface area contributed by atoms with Gasteiger partial charge in [0.15, 0.2) is 5.69 Å². The van der Waals surface area contributed by atoms with Gasteiger partial charge in [-0.2, -0.15) is 5.26 Å². The van der Waals surface area contributed by atoms with Crippen LogP contribution in [0.15, 0.2) is 206 Å². The Balaban J connectivity index is 1.05. The molecule has 0 N–H and O–H groups in total. The molecule has 12 aromatic carbocycles. The second-order valence-corrected chi connectivity index (χ2v) is 17.2. The Kier molecular flexibility index (Phi) is 9.98. The molecule has 12 aromatic rings. The molecule has 0 radical (unpaired) electrons. The summed E-state index contributed by atoms with van der Waals surface area (Å²) in [5.74, 6) is -2.56. The van der Waals surface area contributed by atoms with Crippen molar-refractivity contribution >= 4 is 93.7 Å². The molecule has 0 saturated heterocycles. The maximum absolute atomic E-state index is 17.0. The average Bonchev–Trinajstić information content (AvgIpc) is 3.40. The smallest absolute Gasteiger partial charge is 0.187 e. The number of fused-ring (bicyclic) bond motifs is 2. The van der Waals surface area contributed by atoms with Gasteiger partial charge in [-0.05, 0) is 127 Å². The Morgan fingerprint density at radius 1 is 0.386 bits per heavy atom. The predicted molar refractivity (Wildman–Crippen MR) is 276 cm³/mol. The summed E-state index contributed by atoms with van der Waals surface area (Å²) in [5, 5.41) is 18.2. The van der Waals surface area contributed by atoms with E-state index in [-0.39, 0.29) is 22.5 Å². The standard InChI is InChI=1S/C62H34F4N4/c1-68-46-20-24-48(25-21-46)70(60-35-54(64)52(33-56(60)66)45-15-13-39-7-3-5-9-43(39)31-45)58-29-19-41-16-26-49-57(28-18-40-17-27-50(58)62(41)61(40)49)69(47-22-10-37(36-67)11-23-47)59-34-53(63)51(32-55(59)65)44-14-12-38-6-2-4-8-42(38)30-44/h2-35H. The van der Waals surface area contributed by atoms with Crippen LogP contribution in [-0.2, 0) is 0 Å². The number of halogens is 4. The summed E-state index contributed by atoms with van der Waals surface area (Å²) in [5.41, 5.74) is 4.07. The molecule has 0 bridgehead atoms. The third-order valence-corrected chi connectivity index (χ3v) is 13.3. The van der Waals surface area contributed by atoms with Crippen LogP contribution in [0.1, 0.15) is 5.56 Å². The van der Waals surface area contributed by atoms with Crippen molar-refractivity contribution in [3.63, 3.8) is 0 Å². The Hall–Kier alpha value is -9.50. The molecule has 0 aromatic heterocycles. The molecule has 0 spiro atoms. The van der Waals surface area contributed by atoms with E-state index in [9.17, 15) is 5.26 Å². The molecule has 0 saturated carbocycles. The molecule has 0 aliphatic rings. The Bertz CT molecular complexity index is 3880. The van der Waals surface area contributed by atoms with Crippen molar-refractivity contribution in [1.29, 1.82) is 5.26 Å². The lowest BCUT2D eigenvalue weighted by molar-refractivity contribution is 0.604. The van der Waals surface area contributed by atoms with E-state index < -0.39 is 23.3 Å². The Morgan fingerprint density at radius 2 is 0.800 bits per heavy atom.